The fraction of sp³-hybridized carbons (Fsp3) is 0.286. The van der Waals surface area contributed by atoms with E-state index in [4.69, 9.17) is 4.74 Å². The van der Waals surface area contributed by atoms with Crippen LogP contribution in [0.2, 0.25) is 0 Å². The van der Waals surface area contributed by atoms with Crippen molar-refractivity contribution in [3.8, 4) is 0 Å². The molecule has 0 spiro atoms. The maximum absolute atomic E-state index is 12.7. The molecule has 2 aliphatic heterocycles. The number of halogens is 1. The SMILES string of the molecule is CCOC(=O)C1=NN(N=O)[C@H]2C(=O)N(c3ccc(I)cc3)C(=O)[C@@H]12. The first kappa shape index (κ1) is 16.5. The first-order valence-corrected chi connectivity index (χ1v) is 8.09. The Balaban J connectivity index is 2.00. The van der Waals surface area contributed by atoms with Crippen LogP contribution < -0.4 is 4.90 Å². The standard InChI is InChI=1S/C14H11IN4O5/c1-2-24-14(22)10-9-11(19(16-10)17-23)13(21)18(12(9)20)8-5-3-7(15)4-6-8/h3-6,9,11H,2H2,1H3/t9-,11+/m0/s1. The fourth-order valence-electron chi connectivity index (χ4n) is 2.68. The van der Waals surface area contributed by atoms with E-state index in [9.17, 15) is 19.3 Å². The van der Waals surface area contributed by atoms with Gasteiger partial charge in [0.15, 0.2) is 11.8 Å². The van der Waals surface area contributed by atoms with E-state index in [1.165, 1.54) is 0 Å². The third-order valence-corrected chi connectivity index (χ3v) is 4.40. The van der Waals surface area contributed by atoms with Gasteiger partial charge in [-0.1, -0.05) is 0 Å². The molecule has 124 valence electrons. The zero-order valence-electron chi connectivity index (χ0n) is 12.4. The lowest BCUT2D eigenvalue weighted by molar-refractivity contribution is -0.136. The van der Waals surface area contributed by atoms with E-state index in [-0.39, 0.29) is 12.3 Å². The minimum atomic E-state index is -1.26. The number of hydrazone groups is 1. The molecule has 0 radical (unpaired) electrons. The lowest BCUT2D eigenvalue weighted by Crippen LogP contribution is -2.36. The number of anilines is 1. The average molecular weight is 442 g/mol. The second-order valence-electron chi connectivity index (χ2n) is 5.02. The van der Waals surface area contributed by atoms with Crippen LogP contribution in [0.5, 0.6) is 0 Å². The molecule has 2 aliphatic rings. The van der Waals surface area contributed by atoms with Gasteiger partial charge in [-0.25, -0.2) is 9.69 Å². The summed E-state index contributed by atoms with van der Waals surface area (Å²) in [4.78, 5) is 49.2. The van der Waals surface area contributed by atoms with Crippen LogP contribution >= 0.6 is 22.6 Å². The number of fused-ring (bicyclic) bond motifs is 1. The van der Waals surface area contributed by atoms with Gasteiger partial charge in [0.1, 0.15) is 5.92 Å². The lowest BCUT2D eigenvalue weighted by Gasteiger charge is -2.16. The van der Waals surface area contributed by atoms with Gasteiger partial charge < -0.3 is 4.74 Å². The quantitative estimate of drug-likeness (QED) is 0.299. The van der Waals surface area contributed by atoms with Crippen molar-refractivity contribution in [3.63, 3.8) is 0 Å². The predicted octanol–water partition coefficient (Wildman–Crippen LogP) is 1.07. The molecule has 0 saturated carbocycles. The molecule has 1 aromatic rings. The number of carbonyl (C=O) groups is 3. The zero-order valence-corrected chi connectivity index (χ0v) is 14.5. The van der Waals surface area contributed by atoms with Crippen LogP contribution in [0, 0.1) is 14.4 Å². The van der Waals surface area contributed by atoms with Crippen LogP contribution in [0.4, 0.5) is 5.69 Å². The summed E-state index contributed by atoms with van der Waals surface area (Å²) in [7, 11) is 0. The minimum Gasteiger partial charge on any atom is -0.461 e. The molecule has 0 unspecified atom stereocenters. The smallest absolute Gasteiger partial charge is 0.355 e. The summed E-state index contributed by atoms with van der Waals surface area (Å²) >= 11 is 2.09. The van der Waals surface area contributed by atoms with E-state index in [1.54, 1.807) is 31.2 Å². The first-order chi connectivity index (χ1) is 11.5. The normalized spacial score (nSPS) is 22.5. The molecule has 3 rings (SSSR count). The molecule has 24 heavy (non-hydrogen) atoms. The molecule has 2 atom stereocenters. The molecule has 1 aromatic carbocycles. The number of imide groups is 1. The number of esters is 1. The third kappa shape index (κ3) is 2.46. The van der Waals surface area contributed by atoms with E-state index in [1.807, 2.05) is 0 Å². The second kappa shape index (κ2) is 6.26. The molecule has 0 aliphatic carbocycles. The highest BCUT2D eigenvalue weighted by Gasteiger charge is 2.59. The number of carbonyl (C=O) groups excluding carboxylic acids is 3. The van der Waals surface area contributed by atoms with Crippen molar-refractivity contribution in [3.05, 3.63) is 32.7 Å². The van der Waals surface area contributed by atoms with E-state index < -0.39 is 29.7 Å². The number of nitrogens with zero attached hydrogens (tertiary/aromatic N) is 4. The Morgan fingerprint density at radius 1 is 1.29 bits per heavy atom. The third-order valence-electron chi connectivity index (χ3n) is 3.68. The van der Waals surface area contributed by atoms with Crippen molar-refractivity contribution in [1.82, 2.24) is 5.12 Å². The highest BCUT2D eigenvalue weighted by molar-refractivity contribution is 14.1. The van der Waals surface area contributed by atoms with Crippen LogP contribution in [0.25, 0.3) is 0 Å². The van der Waals surface area contributed by atoms with Crippen LogP contribution in [-0.4, -0.2) is 41.3 Å². The van der Waals surface area contributed by atoms with Crippen molar-refractivity contribution >= 4 is 51.8 Å². The molecule has 0 bridgehead atoms. The summed E-state index contributed by atoms with van der Waals surface area (Å²) in [5.74, 6) is -3.34. The van der Waals surface area contributed by atoms with Crippen LogP contribution in [0.1, 0.15) is 6.92 Å². The topological polar surface area (TPSA) is 109 Å². The summed E-state index contributed by atoms with van der Waals surface area (Å²) in [5, 5.41) is 6.88. The maximum Gasteiger partial charge on any atom is 0.355 e. The largest absolute Gasteiger partial charge is 0.461 e. The number of rotatable bonds is 4. The molecule has 10 heteroatoms. The summed E-state index contributed by atoms with van der Waals surface area (Å²) in [5.41, 5.74) is 0.0710. The summed E-state index contributed by atoms with van der Waals surface area (Å²) < 4.78 is 5.78. The molecule has 1 saturated heterocycles. The maximum atomic E-state index is 12.7. The molecule has 2 heterocycles. The number of hydrogen-bond acceptors (Lipinski definition) is 7. The van der Waals surface area contributed by atoms with E-state index in [0.717, 1.165) is 8.47 Å². The predicted molar refractivity (Wildman–Crippen MR) is 90.6 cm³/mol. The average Bonchev–Trinajstić information content (AvgIpc) is 3.07. The Labute approximate surface area is 149 Å². The number of ether oxygens (including phenoxy) is 1. The van der Waals surface area contributed by atoms with Crippen molar-refractivity contribution < 1.29 is 19.1 Å². The Bertz CT molecular complexity index is 763. The number of hydrogen-bond donors (Lipinski definition) is 0. The highest BCUT2D eigenvalue weighted by Crippen LogP contribution is 2.35. The van der Waals surface area contributed by atoms with Crippen molar-refractivity contribution in [2.45, 2.75) is 13.0 Å². The molecular weight excluding hydrogens is 431 g/mol. The Hall–Kier alpha value is -2.37. The van der Waals surface area contributed by atoms with Crippen LogP contribution in [0.15, 0.2) is 34.7 Å². The Morgan fingerprint density at radius 3 is 2.54 bits per heavy atom. The molecule has 0 aromatic heterocycles. The molecule has 9 nitrogen and oxygen atoms in total. The number of nitroso groups, excluding NO2 is 1. The summed E-state index contributed by atoms with van der Waals surface area (Å²) in [6.45, 7) is 1.67. The van der Waals surface area contributed by atoms with Crippen LogP contribution in [0.3, 0.4) is 0 Å². The minimum absolute atomic E-state index is 0.0761. The van der Waals surface area contributed by atoms with Crippen molar-refractivity contribution in [2.75, 3.05) is 11.5 Å². The van der Waals surface area contributed by atoms with E-state index in [0.29, 0.717) is 10.8 Å². The number of benzene rings is 1. The lowest BCUT2D eigenvalue weighted by atomic mass is 9.98. The number of amides is 2. The highest BCUT2D eigenvalue weighted by atomic mass is 127. The van der Waals surface area contributed by atoms with Gasteiger partial charge in [-0.3, -0.25) is 9.59 Å². The summed E-state index contributed by atoms with van der Waals surface area (Å²) in [6, 6.07) is 5.44. The summed E-state index contributed by atoms with van der Waals surface area (Å²) in [6.07, 6.45) is 0. The van der Waals surface area contributed by atoms with Gasteiger partial charge in [0.25, 0.3) is 5.91 Å². The first-order valence-electron chi connectivity index (χ1n) is 7.01. The Kier molecular flexibility index (Phi) is 4.30. The van der Waals surface area contributed by atoms with E-state index in [2.05, 4.69) is 33.0 Å². The van der Waals surface area contributed by atoms with Gasteiger partial charge in [-0.05, 0) is 53.8 Å². The van der Waals surface area contributed by atoms with Crippen LogP contribution in [-0.2, 0) is 19.1 Å². The van der Waals surface area contributed by atoms with Gasteiger partial charge in [0.2, 0.25) is 5.91 Å². The second-order valence-corrected chi connectivity index (χ2v) is 6.26. The molecule has 2 amide bonds. The fourth-order valence-corrected chi connectivity index (χ4v) is 3.04. The zero-order chi connectivity index (χ0) is 17.4. The van der Waals surface area contributed by atoms with Gasteiger partial charge in [-0.2, -0.15) is 0 Å². The monoisotopic (exact) mass is 442 g/mol. The van der Waals surface area contributed by atoms with Gasteiger partial charge in [0.05, 0.1) is 17.6 Å². The van der Waals surface area contributed by atoms with E-state index >= 15 is 0 Å². The molecule has 0 N–H and O–H groups in total. The van der Waals surface area contributed by atoms with Crippen molar-refractivity contribution in [2.24, 2.45) is 16.3 Å². The van der Waals surface area contributed by atoms with Gasteiger partial charge in [0, 0.05) is 3.57 Å². The molecular formula is C14H11IN4O5. The van der Waals surface area contributed by atoms with Gasteiger partial charge >= 0.3 is 5.97 Å². The molecule has 1 fully saturated rings. The van der Waals surface area contributed by atoms with Gasteiger partial charge in [-0.15, -0.1) is 15.1 Å². The van der Waals surface area contributed by atoms with Crippen molar-refractivity contribution in [1.29, 1.82) is 0 Å². The Morgan fingerprint density at radius 2 is 1.96 bits per heavy atom.